The second-order valence-electron chi connectivity index (χ2n) is 6.15. The lowest BCUT2D eigenvalue weighted by Gasteiger charge is -2.40. The van der Waals surface area contributed by atoms with Gasteiger partial charge in [0.2, 0.25) is 0 Å². The summed E-state index contributed by atoms with van der Waals surface area (Å²) in [5.41, 5.74) is -0.00728. The summed E-state index contributed by atoms with van der Waals surface area (Å²) in [7, 11) is 2.09. The second kappa shape index (κ2) is 5.63. The van der Waals surface area contributed by atoms with E-state index in [9.17, 15) is 0 Å². The lowest BCUT2D eigenvalue weighted by atomic mass is 9.80. The fourth-order valence-electron chi connectivity index (χ4n) is 3.76. The number of thiophene rings is 2. The third-order valence-electron chi connectivity index (χ3n) is 4.85. The van der Waals surface area contributed by atoms with E-state index in [0.717, 1.165) is 39.1 Å². The van der Waals surface area contributed by atoms with Crippen LogP contribution in [0.25, 0.3) is 9.40 Å². The minimum Gasteiger partial charge on any atom is -0.378 e. The van der Waals surface area contributed by atoms with E-state index in [-0.39, 0.29) is 5.60 Å². The van der Waals surface area contributed by atoms with Gasteiger partial charge in [-0.1, -0.05) is 0 Å². The summed E-state index contributed by atoms with van der Waals surface area (Å²) in [5, 5.41) is 5.74. The van der Waals surface area contributed by atoms with Crippen LogP contribution in [0, 0.1) is 5.92 Å². The number of fused-ring (bicyclic) bond motifs is 1. The molecule has 2 aromatic rings. The van der Waals surface area contributed by atoms with E-state index in [1.54, 1.807) is 0 Å². The normalized spacial score (nSPS) is 31.2. The van der Waals surface area contributed by atoms with Crippen LogP contribution in [-0.4, -0.2) is 32.5 Å². The standard InChI is InChI=1S/C16H21NO2S2/c1-17-15(14-8-13-12(21-14)3-7-20-13)11-2-5-19-16(9-11)4-6-18-10-16/h3,7-8,11,15,17H,2,4-6,9-10H2,1H3. The molecule has 1 N–H and O–H groups in total. The van der Waals surface area contributed by atoms with Gasteiger partial charge in [-0.15, -0.1) is 22.7 Å². The molecular formula is C16H21NO2S2. The topological polar surface area (TPSA) is 30.5 Å². The van der Waals surface area contributed by atoms with Gasteiger partial charge in [-0.25, -0.2) is 0 Å². The summed E-state index contributed by atoms with van der Waals surface area (Å²) in [5.74, 6) is 0.637. The molecule has 0 aromatic carbocycles. The van der Waals surface area contributed by atoms with Gasteiger partial charge in [-0.2, -0.15) is 0 Å². The lowest BCUT2D eigenvalue weighted by Crippen LogP contribution is -2.43. The first kappa shape index (κ1) is 14.2. The van der Waals surface area contributed by atoms with E-state index in [0.29, 0.717) is 12.0 Å². The minimum atomic E-state index is -0.00728. The molecule has 2 saturated heterocycles. The Morgan fingerprint density at radius 1 is 1.38 bits per heavy atom. The van der Waals surface area contributed by atoms with Crippen molar-refractivity contribution in [2.24, 2.45) is 5.92 Å². The maximum absolute atomic E-state index is 6.08. The average Bonchev–Trinajstić information content (AvgIpc) is 3.16. The van der Waals surface area contributed by atoms with E-state index >= 15 is 0 Å². The zero-order valence-corrected chi connectivity index (χ0v) is 13.9. The molecule has 5 heteroatoms. The van der Waals surface area contributed by atoms with Crippen LogP contribution < -0.4 is 5.32 Å². The molecule has 0 bridgehead atoms. The first-order valence-corrected chi connectivity index (χ1v) is 9.35. The Bertz CT molecular complexity index is 586. The van der Waals surface area contributed by atoms with Crippen LogP contribution in [0.3, 0.4) is 0 Å². The van der Waals surface area contributed by atoms with Gasteiger partial charge >= 0.3 is 0 Å². The van der Waals surface area contributed by atoms with Crippen molar-refractivity contribution in [1.82, 2.24) is 5.32 Å². The number of hydrogen-bond acceptors (Lipinski definition) is 5. The number of hydrogen-bond donors (Lipinski definition) is 1. The van der Waals surface area contributed by atoms with Gasteiger partial charge in [0.25, 0.3) is 0 Å². The fraction of sp³-hybridized carbons (Fsp3) is 0.625. The Morgan fingerprint density at radius 3 is 3.10 bits per heavy atom. The summed E-state index contributed by atoms with van der Waals surface area (Å²) >= 11 is 3.78. The Kier molecular flexibility index (Phi) is 3.79. The molecule has 4 rings (SSSR count). The zero-order valence-electron chi connectivity index (χ0n) is 12.3. The fourth-order valence-corrected chi connectivity index (χ4v) is 6.09. The van der Waals surface area contributed by atoms with E-state index in [2.05, 4.69) is 29.9 Å². The molecule has 2 aliphatic heterocycles. The molecular weight excluding hydrogens is 302 g/mol. The predicted molar refractivity (Wildman–Crippen MR) is 88.3 cm³/mol. The van der Waals surface area contributed by atoms with Gasteiger partial charge in [-0.05, 0) is 43.3 Å². The summed E-state index contributed by atoms with van der Waals surface area (Å²) in [4.78, 5) is 1.47. The Labute approximate surface area is 133 Å². The minimum absolute atomic E-state index is 0.00728. The largest absolute Gasteiger partial charge is 0.378 e. The second-order valence-corrected chi connectivity index (χ2v) is 8.21. The van der Waals surface area contributed by atoms with E-state index in [1.807, 2.05) is 22.7 Å². The van der Waals surface area contributed by atoms with Gasteiger partial charge in [0, 0.05) is 40.0 Å². The zero-order chi connectivity index (χ0) is 14.3. The highest BCUT2D eigenvalue weighted by Crippen LogP contribution is 2.43. The molecule has 3 atom stereocenters. The summed E-state index contributed by atoms with van der Waals surface area (Å²) in [6.07, 6.45) is 3.31. The number of nitrogens with one attached hydrogen (secondary N) is 1. The van der Waals surface area contributed by atoms with E-state index < -0.39 is 0 Å². The van der Waals surface area contributed by atoms with Crippen LogP contribution in [0.15, 0.2) is 17.5 Å². The Hall–Kier alpha value is -0.460. The van der Waals surface area contributed by atoms with Crippen LogP contribution in [0.5, 0.6) is 0 Å². The molecule has 2 aliphatic rings. The van der Waals surface area contributed by atoms with Crippen molar-refractivity contribution in [2.45, 2.75) is 30.9 Å². The van der Waals surface area contributed by atoms with Crippen molar-refractivity contribution >= 4 is 32.1 Å². The molecule has 0 saturated carbocycles. The highest BCUT2D eigenvalue weighted by molar-refractivity contribution is 7.26. The van der Waals surface area contributed by atoms with E-state index in [1.165, 1.54) is 14.3 Å². The van der Waals surface area contributed by atoms with Crippen molar-refractivity contribution in [2.75, 3.05) is 26.9 Å². The monoisotopic (exact) mass is 323 g/mol. The molecule has 114 valence electrons. The summed E-state index contributed by atoms with van der Waals surface area (Å²) in [6.45, 7) is 2.50. The third-order valence-corrected chi connectivity index (χ3v) is 7.02. The van der Waals surface area contributed by atoms with Gasteiger partial charge in [0.1, 0.15) is 0 Å². The number of rotatable bonds is 3. The first-order valence-electron chi connectivity index (χ1n) is 7.66. The third kappa shape index (κ3) is 2.55. The highest BCUT2D eigenvalue weighted by Gasteiger charge is 2.43. The van der Waals surface area contributed by atoms with Gasteiger partial charge in [-0.3, -0.25) is 0 Å². The average molecular weight is 323 g/mol. The SMILES string of the molecule is CNC(c1cc2sccc2s1)C1CCOC2(CCOC2)C1. The highest BCUT2D eigenvalue weighted by atomic mass is 32.1. The lowest BCUT2D eigenvalue weighted by molar-refractivity contribution is -0.103. The predicted octanol–water partition coefficient (Wildman–Crippen LogP) is 3.81. The molecule has 0 amide bonds. The van der Waals surface area contributed by atoms with Crippen molar-refractivity contribution in [3.63, 3.8) is 0 Å². The molecule has 0 radical (unpaired) electrons. The molecule has 2 fully saturated rings. The summed E-state index contributed by atoms with van der Waals surface area (Å²) < 4.78 is 14.5. The molecule has 2 aromatic heterocycles. The van der Waals surface area contributed by atoms with E-state index in [4.69, 9.17) is 9.47 Å². The molecule has 0 aliphatic carbocycles. The molecule has 21 heavy (non-hydrogen) atoms. The molecule has 1 spiro atoms. The molecule has 3 unspecified atom stereocenters. The first-order chi connectivity index (χ1) is 10.3. The van der Waals surface area contributed by atoms with Crippen LogP contribution in [-0.2, 0) is 9.47 Å². The molecule has 4 heterocycles. The van der Waals surface area contributed by atoms with Gasteiger partial charge in [0.15, 0.2) is 0 Å². The quantitative estimate of drug-likeness (QED) is 0.932. The van der Waals surface area contributed by atoms with Crippen molar-refractivity contribution < 1.29 is 9.47 Å². The Balaban J connectivity index is 1.58. The van der Waals surface area contributed by atoms with Crippen LogP contribution in [0.4, 0.5) is 0 Å². The summed E-state index contributed by atoms with van der Waals surface area (Å²) in [6, 6.07) is 5.05. The Morgan fingerprint density at radius 2 is 2.33 bits per heavy atom. The number of ether oxygens (including phenoxy) is 2. The van der Waals surface area contributed by atoms with Crippen molar-refractivity contribution in [1.29, 1.82) is 0 Å². The maximum atomic E-state index is 6.08. The van der Waals surface area contributed by atoms with Gasteiger partial charge < -0.3 is 14.8 Å². The van der Waals surface area contributed by atoms with Crippen molar-refractivity contribution in [3.05, 3.63) is 22.4 Å². The van der Waals surface area contributed by atoms with Gasteiger partial charge in [0.05, 0.1) is 12.2 Å². The smallest absolute Gasteiger partial charge is 0.0940 e. The maximum Gasteiger partial charge on any atom is 0.0940 e. The van der Waals surface area contributed by atoms with Crippen LogP contribution in [0.1, 0.15) is 30.2 Å². The van der Waals surface area contributed by atoms with Crippen LogP contribution in [0.2, 0.25) is 0 Å². The van der Waals surface area contributed by atoms with Crippen molar-refractivity contribution in [3.8, 4) is 0 Å². The molecule has 3 nitrogen and oxygen atoms in total. The van der Waals surface area contributed by atoms with Crippen LogP contribution >= 0.6 is 22.7 Å².